The number of benzene rings is 1. The highest BCUT2D eigenvalue weighted by atomic mass is 35.5. The van der Waals surface area contributed by atoms with E-state index < -0.39 is 27.5 Å². The van der Waals surface area contributed by atoms with Crippen LogP contribution in [0.5, 0.6) is 0 Å². The fourth-order valence-electron chi connectivity index (χ4n) is 1.92. The SMILES string of the molecule is Cc1occc1S(=O)(=O)c1ccc(NC(=O)C(C)(O)C(F)(F)F)c(Cl)c1. The predicted octanol–water partition coefficient (Wildman–Crippen LogP) is 3.33. The first-order valence-corrected chi connectivity index (χ1v) is 8.84. The van der Waals surface area contributed by atoms with Crippen LogP contribution >= 0.6 is 11.6 Å². The monoisotopic (exact) mass is 411 g/mol. The lowest BCUT2D eigenvalue weighted by atomic mass is 10.1. The molecule has 2 rings (SSSR count). The number of furan rings is 1. The van der Waals surface area contributed by atoms with Crippen LogP contribution in [0.2, 0.25) is 5.02 Å². The zero-order chi connectivity index (χ0) is 19.9. The molecular weight excluding hydrogens is 399 g/mol. The molecule has 0 saturated carbocycles. The number of anilines is 1. The van der Waals surface area contributed by atoms with Crippen molar-refractivity contribution in [3.8, 4) is 0 Å². The first-order chi connectivity index (χ1) is 11.8. The molecule has 1 unspecified atom stereocenters. The highest BCUT2D eigenvalue weighted by molar-refractivity contribution is 7.91. The third-order valence-corrected chi connectivity index (χ3v) is 5.78. The van der Waals surface area contributed by atoms with Gasteiger partial charge >= 0.3 is 6.18 Å². The quantitative estimate of drug-likeness (QED) is 0.804. The molecule has 26 heavy (non-hydrogen) atoms. The summed E-state index contributed by atoms with van der Waals surface area (Å²) < 4.78 is 68.0. The number of hydrogen-bond donors (Lipinski definition) is 2. The number of nitrogens with one attached hydrogen (secondary N) is 1. The Labute approximate surface area is 151 Å². The number of rotatable bonds is 4. The molecule has 1 aromatic carbocycles. The minimum atomic E-state index is -5.20. The molecule has 0 radical (unpaired) electrons. The number of alkyl halides is 3. The molecule has 142 valence electrons. The van der Waals surface area contributed by atoms with Crippen LogP contribution in [0, 0.1) is 6.92 Å². The molecule has 0 aliphatic carbocycles. The average Bonchev–Trinajstić information content (AvgIpc) is 2.94. The maximum atomic E-state index is 12.7. The van der Waals surface area contributed by atoms with Crippen molar-refractivity contribution < 1.29 is 35.9 Å². The molecule has 0 spiro atoms. The number of halogens is 4. The molecular formula is C15H13ClF3NO5S. The Balaban J connectivity index is 2.34. The molecule has 1 atom stereocenters. The summed E-state index contributed by atoms with van der Waals surface area (Å²) in [5, 5.41) is 10.8. The van der Waals surface area contributed by atoms with E-state index in [0.717, 1.165) is 18.2 Å². The van der Waals surface area contributed by atoms with Crippen molar-refractivity contribution in [2.75, 3.05) is 5.32 Å². The van der Waals surface area contributed by atoms with Crippen LogP contribution in [0.4, 0.5) is 18.9 Å². The fraction of sp³-hybridized carbons (Fsp3) is 0.267. The van der Waals surface area contributed by atoms with Crippen LogP contribution in [-0.2, 0) is 14.6 Å². The number of carbonyl (C=O) groups excluding carboxylic acids is 1. The Morgan fingerprint density at radius 2 is 1.88 bits per heavy atom. The van der Waals surface area contributed by atoms with Crippen LogP contribution in [0.25, 0.3) is 0 Å². The van der Waals surface area contributed by atoms with E-state index in [0.29, 0.717) is 0 Å². The summed E-state index contributed by atoms with van der Waals surface area (Å²) in [5.41, 5.74) is -3.93. The van der Waals surface area contributed by atoms with E-state index >= 15 is 0 Å². The van der Waals surface area contributed by atoms with Gasteiger partial charge in [0.15, 0.2) is 0 Å². The number of hydrogen-bond acceptors (Lipinski definition) is 5. The summed E-state index contributed by atoms with van der Waals surface area (Å²) in [6.07, 6.45) is -4.01. The molecule has 0 bridgehead atoms. The van der Waals surface area contributed by atoms with E-state index in [4.69, 9.17) is 16.0 Å². The van der Waals surface area contributed by atoms with E-state index in [1.165, 1.54) is 19.3 Å². The standard InChI is InChI=1S/C15H13ClF3NO5S/c1-8-12(5-6-25-8)26(23,24)9-3-4-11(10(16)7-9)20-13(21)14(2,22)15(17,18)19/h3-7,22H,1-2H3,(H,20,21). The topological polar surface area (TPSA) is 96.6 Å². The van der Waals surface area contributed by atoms with Crippen LogP contribution in [0.1, 0.15) is 12.7 Å². The van der Waals surface area contributed by atoms with E-state index in [-0.39, 0.29) is 33.2 Å². The lowest BCUT2D eigenvalue weighted by Crippen LogP contribution is -2.52. The molecule has 11 heteroatoms. The number of aryl methyl sites for hydroxylation is 1. The number of sulfone groups is 1. The van der Waals surface area contributed by atoms with Gasteiger partial charge < -0.3 is 14.8 Å². The molecule has 0 fully saturated rings. The smallest absolute Gasteiger partial charge is 0.426 e. The molecule has 2 N–H and O–H groups in total. The van der Waals surface area contributed by atoms with Crippen molar-refractivity contribution in [2.24, 2.45) is 0 Å². The van der Waals surface area contributed by atoms with E-state index in [1.807, 2.05) is 5.32 Å². The van der Waals surface area contributed by atoms with Crippen molar-refractivity contribution >= 4 is 33.0 Å². The first kappa shape index (κ1) is 20.3. The van der Waals surface area contributed by atoms with Crippen LogP contribution < -0.4 is 5.32 Å². The summed E-state index contributed by atoms with van der Waals surface area (Å²) in [6, 6.07) is 4.30. The van der Waals surface area contributed by atoms with Crippen molar-refractivity contribution in [3.63, 3.8) is 0 Å². The summed E-state index contributed by atoms with van der Waals surface area (Å²) in [7, 11) is -3.97. The molecule has 1 heterocycles. The molecule has 2 aromatic rings. The van der Waals surface area contributed by atoms with Gasteiger partial charge in [-0.25, -0.2) is 8.42 Å². The van der Waals surface area contributed by atoms with Gasteiger partial charge in [-0.2, -0.15) is 13.2 Å². The number of carbonyl (C=O) groups is 1. The Hall–Kier alpha value is -2.04. The van der Waals surface area contributed by atoms with Gasteiger partial charge in [0.1, 0.15) is 10.7 Å². The molecule has 0 aliphatic rings. The maximum absolute atomic E-state index is 12.7. The Bertz CT molecular complexity index is 950. The molecule has 1 amide bonds. The predicted molar refractivity (Wildman–Crippen MR) is 85.7 cm³/mol. The van der Waals surface area contributed by atoms with E-state index in [1.54, 1.807) is 0 Å². The zero-order valence-corrected chi connectivity index (χ0v) is 15.0. The largest absolute Gasteiger partial charge is 0.468 e. The van der Waals surface area contributed by atoms with Gasteiger partial charge in [0, 0.05) is 0 Å². The lowest BCUT2D eigenvalue weighted by molar-refractivity contribution is -0.242. The molecule has 0 saturated heterocycles. The zero-order valence-electron chi connectivity index (χ0n) is 13.4. The number of amides is 1. The summed E-state index contributed by atoms with van der Waals surface area (Å²) in [5.74, 6) is -1.60. The van der Waals surface area contributed by atoms with Gasteiger partial charge in [-0.1, -0.05) is 11.6 Å². The Morgan fingerprint density at radius 1 is 1.27 bits per heavy atom. The third kappa shape index (κ3) is 3.57. The van der Waals surface area contributed by atoms with Crippen molar-refractivity contribution in [2.45, 2.75) is 35.4 Å². The molecule has 6 nitrogen and oxygen atoms in total. The molecule has 1 aromatic heterocycles. The summed E-state index contributed by atoms with van der Waals surface area (Å²) >= 11 is 5.88. The summed E-state index contributed by atoms with van der Waals surface area (Å²) in [6.45, 7) is 1.74. The van der Waals surface area contributed by atoms with Gasteiger partial charge in [0.05, 0.1) is 21.9 Å². The van der Waals surface area contributed by atoms with Gasteiger partial charge in [-0.3, -0.25) is 4.79 Å². The van der Waals surface area contributed by atoms with Crippen molar-refractivity contribution in [1.29, 1.82) is 0 Å². The second kappa shape index (κ2) is 6.60. The highest BCUT2D eigenvalue weighted by Gasteiger charge is 2.55. The minimum absolute atomic E-state index is 0.0923. The van der Waals surface area contributed by atoms with Gasteiger partial charge in [0.2, 0.25) is 15.4 Å². The normalized spacial score (nSPS) is 14.7. The van der Waals surface area contributed by atoms with E-state index in [9.17, 15) is 31.5 Å². The van der Waals surface area contributed by atoms with Crippen molar-refractivity contribution in [3.05, 3.63) is 41.3 Å². The van der Waals surface area contributed by atoms with Crippen LogP contribution in [0.15, 0.2) is 44.7 Å². The Morgan fingerprint density at radius 3 is 2.35 bits per heavy atom. The van der Waals surface area contributed by atoms with Crippen LogP contribution in [-0.4, -0.2) is 31.2 Å². The maximum Gasteiger partial charge on any atom is 0.426 e. The summed E-state index contributed by atoms with van der Waals surface area (Å²) in [4.78, 5) is 11.3. The first-order valence-electron chi connectivity index (χ1n) is 6.98. The fourth-order valence-corrected chi connectivity index (χ4v) is 3.64. The second-order valence-corrected chi connectivity index (χ2v) is 7.84. The number of aliphatic hydroxyl groups is 1. The Kier molecular flexibility index (Phi) is 5.15. The van der Waals surface area contributed by atoms with Gasteiger partial charge in [0.25, 0.3) is 5.91 Å². The average molecular weight is 412 g/mol. The van der Waals surface area contributed by atoms with Crippen molar-refractivity contribution in [1.82, 2.24) is 0 Å². The second-order valence-electron chi connectivity index (χ2n) is 5.51. The lowest BCUT2D eigenvalue weighted by Gasteiger charge is -2.25. The van der Waals surface area contributed by atoms with E-state index in [2.05, 4.69) is 0 Å². The third-order valence-electron chi connectivity index (χ3n) is 3.59. The molecule has 0 aliphatic heterocycles. The van der Waals surface area contributed by atoms with Crippen LogP contribution in [0.3, 0.4) is 0 Å². The van der Waals surface area contributed by atoms with Gasteiger partial charge in [-0.05, 0) is 38.1 Å². The minimum Gasteiger partial charge on any atom is -0.468 e. The van der Waals surface area contributed by atoms with Gasteiger partial charge in [-0.15, -0.1) is 0 Å². The highest BCUT2D eigenvalue weighted by Crippen LogP contribution is 2.33.